The van der Waals surface area contributed by atoms with Gasteiger partial charge in [-0.2, -0.15) is 0 Å². The van der Waals surface area contributed by atoms with Gasteiger partial charge in [-0.1, -0.05) is 6.04 Å². The summed E-state index contributed by atoms with van der Waals surface area (Å²) in [6.45, 7) is 2.07. The quantitative estimate of drug-likeness (QED) is 0.431. The summed E-state index contributed by atoms with van der Waals surface area (Å²) >= 11 is 0. The third-order valence-electron chi connectivity index (χ3n) is 1.60. The molecule has 0 aromatic heterocycles. The zero-order valence-electron chi connectivity index (χ0n) is 4.81. The van der Waals surface area contributed by atoms with Crippen molar-refractivity contribution >= 4 is 10.2 Å². The van der Waals surface area contributed by atoms with Gasteiger partial charge in [-0.05, 0) is 12.3 Å². The van der Waals surface area contributed by atoms with E-state index in [-0.39, 0.29) is 0 Å². The summed E-state index contributed by atoms with van der Waals surface area (Å²) < 4.78 is 5.17. The second kappa shape index (κ2) is 2.48. The molecule has 7 heavy (non-hydrogen) atoms. The topological polar surface area (TPSA) is 9.23 Å². The highest BCUT2D eigenvalue weighted by Gasteiger charge is 2.11. The minimum atomic E-state index is 0.937. The van der Waals surface area contributed by atoms with Gasteiger partial charge in [0, 0.05) is 23.5 Å². The van der Waals surface area contributed by atoms with Gasteiger partial charge in [0.2, 0.25) is 0 Å². The van der Waals surface area contributed by atoms with Crippen LogP contribution in [0.1, 0.15) is 6.42 Å². The van der Waals surface area contributed by atoms with Crippen molar-refractivity contribution in [1.82, 2.24) is 0 Å². The van der Waals surface area contributed by atoms with Gasteiger partial charge in [-0.15, -0.1) is 0 Å². The molecule has 1 aliphatic rings. The SMILES string of the molecule is [SiH3]C[C@H]1CCOC1. The summed E-state index contributed by atoms with van der Waals surface area (Å²) in [7, 11) is 1.35. The number of hydrogen-bond donors (Lipinski definition) is 0. The van der Waals surface area contributed by atoms with Crippen molar-refractivity contribution in [1.29, 1.82) is 0 Å². The fourth-order valence-electron chi connectivity index (χ4n) is 0.905. The molecular formula is C5H12OSi. The highest BCUT2D eigenvalue weighted by Crippen LogP contribution is 2.13. The van der Waals surface area contributed by atoms with Crippen molar-refractivity contribution < 1.29 is 4.74 Å². The molecule has 2 heteroatoms. The maximum Gasteiger partial charge on any atom is 0.0492 e. The second-order valence-corrected chi connectivity index (χ2v) is 2.95. The van der Waals surface area contributed by atoms with Crippen molar-refractivity contribution in [2.75, 3.05) is 13.2 Å². The molecule has 0 amide bonds. The second-order valence-electron chi connectivity index (χ2n) is 2.14. The van der Waals surface area contributed by atoms with Crippen LogP contribution in [-0.4, -0.2) is 23.5 Å². The van der Waals surface area contributed by atoms with Gasteiger partial charge in [0.15, 0.2) is 0 Å². The molecule has 1 fully saturated rings. The predicted molar refractivity (Wildman–Crippen MR) is 33.7 cm³/mol. The van der Waals surface area contributed by atoms with E-state index in [0.29, 0.717) is 0 Å². The Kier molecular flexibility index (Phi) is 1.88. The van der Waals surface area contributed by atoms with E-state index in [4.69, 9.17) is 4.74 Å². The van der Waals surface area contributed by atoms with E-state index >= 15 is 0 Å². The summed E-state index contributed by atoms with van der Waals surface area (Å²) in [5.41, 5.74) is 0. The Labute approximate surface area is 47.5 Å². The van der Waals surface area contributed by atoms with Gasteiger partial charge in [-0.3, -0.25) is 0 Å². The first kappa shape index (κ1) is 5.32. The summed E-state index contributed by atoms with van der Waals surface area (Å²) in [6, 6.07) is 1.43. The lowest BCUT2D eigenvalue weighted by Crippen LogP contribution is -1.95. The molecule has 1 saturated heterocycles. The molecule has 1 atom stereocenters. The van der Waals surface area contributed by atoms with Crippen LogP contribution >= 0.6 is 0 Å². The molecule has 0 aliphatic carbocycles. The van der Waals surface area contributed by atoms with Crippen molar-refractivity contribution in [3.8, 4) is 0 Å². The van der Waals surface area contributed by atoms with Gasteiger partial charge in [0.25, 0.3) is 0 Å². The van der Waals surface area contributed by atoms with E-state index < -0.39 is 0 Å². The molecule has 0 saturated carbocycles. The molecule has 1 aliphatic heterocycles. The Morgan fingerprint density at radius 1 is 1.71 bits per heavy atom. The van der Waals surface area contributed by atoms with Crippen molar-refractivity contribution in [2.45, 2.75) is 12.5 Å². The Morgan fingerprint density at radius 3 is 2.86 bits per heavy atom. The first-order chi connectivity index (χ1) is 3.43. The monoisotopic (exact) mass is 116 g/mol. The van der Waals surface area contributed by atoms with Crippen LogP contribution in [0, 0.1) is 5.92 Å². The Bertz CT molecular complexity index is 50.0. The largest absolute Gasteiger partial charge is 0.381 e. The highest BCUT2D eigenvalue weighted by molar-refractivity contribution is 6.08. The zero-order valence-corrected chi connectivity index (χ0v) is 6.81. The van der Waals surface area contributed by atoms with Crippen LogP contribution in [0.2, 0.25) is 6.04 Å². The molecule has 0 spiro atoms. The summed E-state index contributed by atoms with van der Waals surface area (Å²) in [5.74, 6) is 0.937. The molecule has 0 N–H and O–H groups in total. The highest BCUT2D eigenvalue weighted by atomic mass is 28.1. The van der Waals surface area contributed by atoms with Crippen LogP contribution in [0.3, 0.4) is 0 Å². The van der Waals surface area contributed by atoms with Crippen LogP contribution in [0.15, 0.2) is 0 Å². The number of ether oxygens (including phenoxy) is 1. The maximum atomic E-state index is 5.17. The summed E-state index contributed by atoms with van der Waals surface area (Å²) in [5, 5.41) is 0. The molecular weight excluding hydrogens is 104 g/mol. The molecule has 0 aromatic rings. The molecule has 0 aromatic carbocycles. The van der Waals surface area contributed by atoms with Crippen LogP contribution in [0.4, 0.5) is 0 Å². The van der Waals surface area contributed by atoms with Crippen molar-refractivity contribution in [3.05, 3.63) is 0 Å². The number of hydrogen-bond acceptors (Lipinski definition) is 1. The third-order valence-corrected chi connectivity index (χ3v) is 2.76. The molecule has 0 bridgehead atoms. The first-order valence-electron chi connectivity index (χ1n) is 3.01. The standard InChI is InChI=1S/C5H12OSi/c7-4-5-1-2-6-3-5/h5H,1-4H2,7H3/t5-/m0/s1. The Morgan fingerprint density at radius 2 is 2.57 bits per heavy atom. The van der Waals surface area contributed by atoms with Gasteiger partial charge >= 0.3 is 0 Å². The molecule has 0 radical (unpaired) electrons. The van der Waals surface area contributed by atoms with E-state index in [1.807, 2.05) is 0 Å². The maximum absolute atomic E-state index is 5.17. The fraction of sp³-hybridized carbons (Fsp3) is 1.00. The minimum absolute atomic E-state index is 0.937. The van der Waals surface area contributed by atoms with Crippen LogP contribution in [0.25, 0.3) is 0 Å². The normalized spacial score (nSPS) is 31.7. The van der Waals surface area contributed by atoms with E-state index in [1.54, 1.807) is 0 Å². The fourth-order valence-corrected chi connectivity index (χ4v) is 1.55. The third kappa shape index (κ3) is 1.28. The Balaban J connectivity index is 2.14. The van der Waals surface area contributed by atoms with Gasteiger partial charge in [0.05, 0.1) is 0 Å². The zero-order chi connectivity index (χ0) is 5.11. The average molecular weight is 116 g/mol. The smallest absolute Gasteiger partial charge is 0.0492 e. The molecule has 0 unspecified atom stereocenters. The van der Waals surface area contributed by atoms with E-state index in [1.165, 1.54) is 22.7 Å². The summed E-state index contributed by atoms with van der Waals surface area (Å²) in [4.78, 5) is 0. The molecule has 1 rings (SSSR count). The van der Waals surface area contributed by atoms with Gasteiger partial charge in [-0.25, -0.2) is 0 Å². The van der Waals surface area contributed by atoms with Gasteiger partial charge < -0.3 is 4.74 Å². The lowest BCUT2D eigenvalue weighted by atomic mass is 10.2. The molecule has 42 valence electrons. The van der Waals surface area contributed by atoms with Crippen molar-refractivity contribution in [3.63, 3.8) is 0 Å². The lowest BCUT2D eigenvalue weighted by Gasteiger charge is -1.97. The first-order valence-corrected chi connectivity index (χ1v) is 4.42. The van der Waals surface area contributed by atoms with E-state index in [9.17, 15) is 0 Å². The van der Waals surface area contributed by atoms with Gasteiger partial charge in [0.1, 0.15) is 0 Å². The lowest BCUT2D eigenvalue weighted by molar-refractivity contribution is 0.188. The molecule has 1 heterocycles. The van der Waals surface area contributed by atoms with E-state index in [0.717, 1.165) is 19.1 Å². The predicted octanol–water partition coefficient (Wildman–Crippen LogP) is -0.193. The van der Waals surface area contributed by atoms with Crippen LogP contribution in [0.5, 0.6) is 0 Å². The van der Waals surface area contributed by atoms with E-state index in [2.05, 4.69) is 0 Å². The Hall–Kier alpha value is 0.177. The van der Waals surface area contributed by atoms with Crippen molar-refractivity contribution in [2.24, 2.45) is 5.92 Å². The minimum Gasteiger partial charge on any atom is -0.381 e. The molecule has 1 nitrogen and oxygen atoms in total. The summed E-state index contributed by atoms with van der Waals surface area (Å²) in [6.07, 6.45) is 1.32. The van der Waals surface area contributed by atoms with Crippen LogP contribution in [-0.2, 0) is 4.74 Å². The van der Waals surface area contributed by atoms with Crippen LogP contribution < -0.4 is 0 Å². The number of rotatable bonds is 1. The average Bonchev–Trinajstić information content (AvgIpc) is 2.14.